The highest BCUT2D eigenvalue weighted by Crippen LogP contribution is 2.21. The highest BCUT2D eigenvalue weighted by molar-refractivity contribution is 5.53. The maximum Gasteiger partial charge on any atom is 0.146 e. The molecule has 1 N–H and O–H groups in total. The molecule has 0 aromatic carbocycles. The Morgan fingerprint density at radius 3 is 2.85 bits per heavy atom. The van der Waals surface area contributed by atoms with E-state index in [1.807, 2.05) is 12.1 Å². The fourth-order valence-corrected chi connectivity index (χ4v) is 2.99. The topological polar surface area (TPSA) is 61.2 Å². The fraction of sp³-hybridized carbons (Fsp3) is 0.600. The van der Waals surface area contributed by atoms with Gasteiger partial charge >= 0.3 is 0 Å². The van der Waals surface area contributed by atoms with Crippen molar-refractivity contribution in [2.45, 2.75) is 31.3 Å². The third-order valence-electron chi connectivity index (χ3n) is 4.10. The van der Waals surface area contributed by atoms with Crippen LogP contribution in [-0.2, 0) is 4.74 Å². The number of nitrogens with one attached hydrogen (secondary N) is 1. The lowest BCUT2D eigenvalue weighted by Gasteiger charge is -2.34. The number of piperidine rings is 1. The molecule has 1 atom stereocenters. The third kappa shape index (κ3) is 2.92. The molecule has 2 aliphatic rings. The predicted octanol–water partition coefficient (Wildman–Crippen LogP) is 1.30. The summed E-state index contributed by atoms with van der Waals surface area (Å²) in [7, 11) is 0. The standard InChI is InChI=1S/C15H20N4O/c16-10-12-2-1-6-17-15(12)19-7-3-13(4-8-19)18-14-5-9-20-11-14/h1-2,6,13-14,18H,3-5,7-9,11H2. The van der Waals surface area contributed by atoms with Gasteiger partial charge in [-0.25, -0.2) is 4.98 Å². The molecule has 20 heavy (non-hydrogen) atoms. The Kier molecular flexibility index (Phi) is 4.14. The van der Waals surface area contributed by atoms with Crippen LogP contribution in [0.1, 0.15) is 24.8 Å². The zero-order valence-electron chi connectivity index (χ0n) is 11.6. The normalized spacial score (nSPS) is 23.8. The Labute approximate surface area is 119 Å². The van der Waals surface area contributed by atoms with Gasteiger partial charge in [0.25, 0.3) is 0 Å². The summed E-state index contributed by atoms with van der Waals surface area (Å²) in [6, 6.07) is 6.96. The van der Waals surface area contributed by atoms with Crippen LogP contribution in [0.5, 0.6) is 0 Å². The van der Waals surface area contributed by atoms with Crippen LogP contribution in [0.4, 0.5) is 5.82 Å². The molecule has 5 heteroatoms. The van der Waals surface area contributed by atoms with E-state index >= 15 is 0 Å². The molecule has 5 nitrogen and oxygen atoms in total. The minimum Gasteiger partial charge on any atom is -0.380 e. The van der Waals surface area contributed by atoms with Crippen molar-refractivity contribution < 1.29 is 4.74 Å². The highest BCUT2D eigenvalue weighted by atomic mass is 16.5. The molecule has 0 radical (unpaired) electrons. The monoisotopic (exact) mass is 272 g/mol. The van der Waals surface area contributed by atoms with Crippen LogP contribution in [0.2, 0.25) is 0 Å². The van der Waals surface area contributed by atoms with Crippen molar-refractivity contribution in [3.8, 4) is 6.07 Å². The number of aromatic nitrogens is 1. The summed E-state index contributed by atoms with van der Waals surface area (Å²) in [6.07, 6.45) is 5.07. The third-order valence-corrected chi connectivity index (χ3v) is 4.10. The number of ether oxygens (including phenoxy) is 1. The van der Waals surface area contributed by atoms with E-state index in [4.69, 9.17) is 10.00 Å². The van der Waals surface area contributed by atoms with Gasteiger partial charge in [-0.05, 0) is 31.4 Å². The van der Waals surface area contributed by atoms with E-state index in [-0.39, 0.29) is 0 Å². The Bertz CT molecular complexity index is 485. The molecule has 3 rings (SSSR count). The quantitative estimate of drug-likeness (QED) is 0.898. The van der Waals surface area contributed by atoms with Gasteiger partial charge in [0.1, 0.15) is 11.9 Å². The van der Waals surface area contributed by atoms with E-state index in [0.717, 1.165) is 51.4 Å². The zero-order valence-corrected chi connectivity index (χ0v) is 11.6. The lowest BCUT2D eigenvalue weighted by atomic mass is 10.0. The molecule has 2 saturated heterocycles. The van der Waals surface area contributed by atoms with E-state index in [1.165, 1.54) is 0 Å². The Morgan fingerprint density at radius 1 is 1.30 bits per heavy atom. The van der Waals surface area contributed by atoms with Crippen molar-refractivity contribution in [3.05, 3.63) is 23.9 Å². The average molecular weight is 272 g/mol. The van der Waals surface area contributed by atoms with Crippen molar-refractivity contribution >= 4 is 5.82 Å². The van der Waals surface area contributed by atoms with Gasteiger partial charge in [0.05, 0.1) is 12.2 Å². The largest absolute Gasteiger partial charge is 0.380 e. The molecule has 3 heterocycles. The van der Waals surface area contributed by atoms with Crippen molar-refractivity contribution in [2.24, 2.45) is 0 Å². The second-order valence-corrected chi connectivity index (χ2v) is 5.47. The van der Waals surface area contributed by atoms with Crippen molar-refractivity contribution in [2.75, 3.05) is 31.2 Å². The summed E-state index contributed by atoms with van der Waals surface area (Å²) < 4.78 is 5.40. The number of anilines is 1. The number of hydrogen-bond donors (Lipinski definition) is 1. The van der Waals surface area contributed by atoms with Crippen LogP contribution < -0.4 is 10.2 Å². The molecule has 1 unspecified atom stereocenters. The van der Waals surface area contributed by atoms with Crippen LogP contribution in [-0.4, -0.2) is 43.4 Å². The predicted molar refractivity (Wildman–Crippen MR) is 76.5 cm³/mol. The van der Waals surface area contributed by atoms with Gasteiger partial charge in [0.15, 0.2) is 0 Å². The number of rotatable bonds is 3. The maximum absolute atomic E-state index is 9.15. The van der Waals surface area contributed by atoms with Crippen molar-refractivity contribution in [1.29, 1.82) is 5.26 Å². The van der Waals surface area contributed by atoms with E-state index in [1.54, 1.807) is 6.20 Å². The molecule has 106 valence electrons. The lowest BCUT2D eigenvalue weighted by molar-refractivity contribution is 0.186. The van der Waals surface area contributed by atoms with Crippen molar-refractivity contribution in [1.82, 2.24) is 10.3 Å². The molecule has 2 fully saturated rings. The summed E-state index contributed by atoms with van der Waals surface area (Å²) in [5.74, 6) is 0.831. The minimum absolute atomic E-state index is 0.524. The van der Waals surface area contributed by atoms with Crippen LogP contribution in [0.3, 0.4) is 0 Å². The van der Waals surface area contributed by atoms with Gasteiger partial charge in [-0.3, -0.25) is 0 Å². The second kappa shape index (κ2) is 6.21. The Morgan fingerprint density at radius 2 is 2.15 bits per heavy atom. The van der Waals surface area contributed by atoms with Crippen LogP contribution >= 0.6 is 0 Å². The first-order chi connectivity index (χ1) is 9.86. The average Bonchev–Trinajstić information content (AvgIpc) is 3.01. The van der Waals surface area contributed by atoms with E-state index < -0.39 is 0 Å². The van der Waals surface area contributed by atoms with Gasteiger partial charge in [-0.2, -0.15) is 5.26 Å². The van der Waals surface area contributed by atoms with Gasteiger partial charge in [0.2, 0.25) is 0 Å². The smallest absolute Gasteiger partial charge is 0.146 e. The van der Waals surface area contributed by atoms with Crippen molar-refractivity contribution in [3.63, 3.8) is 0 Å². The lowest BCUT2D eigenvalue weighted by Crippen LogP contribution is -2.46. The summed E-state index contributed by atoms with van der Waals surface area (Å²) in [5.41, 5.74) is 0.670. The molecular weight excluding hydrogens is 252 g/mol. The van der Waals surface area contributed by atoms with E-state index in [0.29, 0.717) is 17.6 Å². The Hall–Kier alpha value is -1.64. The van der Waals surface area contributed by atoms with Crippen LogP contribution in [0.25, 0.3) is 0 Å². The molecule has 1 aromatic rings. The Balaban J connectivity index is 1.56. The number of pyridine rings is 1. The zero-order chi connectivity index (χ0) is 13.8. The molecule has 0 amide bonds. The summed E-state index contributed by atoms with van der Waals surface area (Å²) in [6.45, 7) is 3.64. The fourth-order valence-electron chi connectivity index (χ4n) is 2.99. The summed E-state index contributed by atoms with van der Waals surface area (Å²) >= 11 is 0. The first-order valence-corrected chi connectivity index (χ1v) is 7.30. The number of nitriles is 1. The molecule has 0 spiro atoms. The van der Waals surface area contributed by atoms with Gasteiger partial charge in [-0.1, -0.05) is 0 Å². The second-order valence-electron chi connectivity index (χ2n) is 5.47. The van der Waals surface area contributed by atoms with Crippen LogP contribution in [0, 0.1) is 11.3 Å². The first-order valence-electron chi connectivity index (χ1n) is 7.30. The minimum atomic E-state index is 0.524. The molecular formula is C15H20N4O. The number of hydrogen-bond acceptors (Lipinski definition) is 5. The van der Waals surface area contributed by atoms with Gasteiger partial charge in [0, 0.05) is 38.0 Å². The summed E-state index contributed by atoms with van der Waals surface area (Å²) in [5, 5.41) is 12.8. The SMILES string of the molecule is N#Cc1cccnc1N1CCC(NC2CCOC2)CC1. The summed E-state index contributed by atoms with van der Waals surface area (Å²) in [4.78, 5) is 6.59. The highest BCUT2D eigenvalue weighted by Gasteiger charge is 2.25. The van der Waals surface area contributed by atoms with E-state index in [2.05, 4.69) is 21.3 Å². The molecule has 1 aromatic heterocycles. The van der Waals surface area contributed by atoms with Gasteiger partial charge < -0.3 is 15.0 Å². The maximum atomic E-state index is 9.15. The molecule has 0 bridgehead atoms. The molecule has 2 aliphatic heterocycles. The first kappa shape index (κ1) is 13.3. The number of nitrogens with zero attached hydrogens (tertiary/aromatic N) is 3. The van der Waals surface area contributed by atoms with Crippen LogP contribution in [0.15, 0.2) is 18.3 Å². The van der Waals surface area contributed by atoms with E-state index in [9.17, 15) is 0 Å². The van der Waals surface area contributed by atoms with Gasteiger partial charge in [-0.15, -0.1) is 0 Å². The molecule has 0 saturated carbocycles. The molecule has 0 aliphatic carbocycles.